The van der Waals surface area contributed by atoms with Crippen LogP contribution >= 0.6 is 0 Å². The predicted octanol–water partition coefficient (Wildman–Crippen LogP) is 3.77. The van der Waals surface area contributed by atoms with Crippen LogP contribution in [0.5, 0.6) is 0 Å². The fourth-order valence-corrected chi connectivity index (χ4v) is 2.85. The second-order valence-corrected chi connectivity index (χ2v) is 9.07. The Morgan fingerprint density at radius 3 is 2.33 bits per heavy atom. The van der Waals surface area contributed by atoms with E-state index < -0.39 is 5.41 Å². The summed E-state index contributed by atoms with van der Waals surface area (Å²) >= 11 is 0. The van der Waals surface area contributed by atoms with Crippen LogP contribution in [-0.4, -0.2) is 34.0 Å². The van der Waals surface area contributed by atoms with Gasteiger partial charge in [0.05, 0.1) is 18.9 Å². The van der Waals surface area contributed by atoms with Crippen molar-refractivity contribution in [3.63, 3.8) is 0 Å². The highest BCUT2D eigenvalue weighted by Gasteiger charge is 2.31. The van der Waals surface area contributed by atoms with Crippen LogP contribution in [0.15, 0.2) is 6.20 Å². The number of aromatic nitrogens is 3. The van der Waals surface area contributed by atoms with E-state index in [1.807, 2.05) is 38.6 Å². The van der Waals surface area contributed by atoms with Crippen molar-refractivity contribution in [1.82, 2.24) is 15.0 Å². The van der Waals surface area contributed by atoms with Crippen molar-refractivity contribution >= 4 is 5.78 Å². The predicted molar refractivity (Wildman–Crippen MR) is 96.8 cm³/mol. The molecule has 0 radical (unpaired) electrons. The van der Waals surface area contributed by atoms with E-state index in [1.54, 1.807) is 0 Å². The lowest BCUT2D eigenvalue weighted by Crippen LogP contribution is -2.35. The molecule has 0 saturated heterocycles. The van der Waals surface area contributed by atoms with Crippen LogP contribution in [0.4, 0.5) is 0 Å². The van der Waals surface area contributed by atoms with Crippen molar-refractivity contribution in [3.05, 3.63) is 11.9 Å². The van der Waals surface area contributed by atoms with E-state index in [4.69, 9.17) is 4.74 Å². The standard InChI is InChI=1S/C19H35N3O2/c1-14(2)9-16-10-22(21-20-16)11-18(5,6)12-24-13-19(7,8)17(23)15(3)4/h10,14-15H,9,11-13H2,1-8H3. The number of ether oxygens (including phenoxy) is 1. The van der Waals surface area contributed by atoms with Crippen molar-refractivity contribution in [3.8, 4) is 0 Å². The Hall–Kier alpha value is -1.23. The summed E-state index contributed by atoms with van der Waals surface area (Å²) in [4.78, 5) is 12.2. The fraction of sp³-hybridized carbons (Fsp3) is 0.842. The van der Waals surface area contributed by atoms with Crippen LogP contribution in [-0.2, 0) is 22.5 Å². The van der Waals surface area contributed by atoms with Gasteiger partial charge in [-0.3, -0.25) is 9.48 Å². The van der Waals surface area contributed by atoms with Gasteiger partial charge in [0.15, 0.2) is 0 Å². The van der Waals surface area contributed by atoms with E-state index in [-0.39, 0.29) is 17.1 Å². The van der Waals surface area contributed by atoms with E-state index in [1.165, 1.54) is 0 Å². The van der Waals surface area contributed by atoms with Gasteiger partial charge in [0, 0.05) is 29.5 Å². The highest BCUT2D eigenvalue weighted by Crippen LogP contribution is 2.24. The Morgan fingerprint density at radius 1 is 1.17 bits per heavy atom. The Labute approximate surface area is 147 Å². The van der Waals surface area contributed by atoms with E-state index in [0.717, 1.165) is 18.7 Å². The highest BCUT2D eigenvalue weighted by atomic mass is 16.5. The van der Waals surface area contributed by atoms with Gasteiger partial charge >= 0.3 is 0 Å². The molecule has 0 unspecified atom stereocenters. The molecular weight excluding hydrogens is 302 g/mol. The first kappa shape index (κ1) is 20.8. The normalized spacial score (nSPS) is 13.1. The van der Waals surface area contributed by atoms with Gasteiger partial charge in [0.1, 0.15) is 5.78 Å². The molecule has 0 aromatic carbocycles. The number of Topliss-reactive ketones (excluding diaryl/α,β-unsaturated/α-hetero) is 1. The minimum atomic E-state index is -0.443. The minimum absolute atomic E-state index is 0.0335. The lowest BCUT2D eigenvalue weighted by atomic mass is 9.83. The third-order valence-electron chi connectivity index (χ3n) is 3.94. The summed E-state index contributed by atoms with van der Waals surface area (Å²) < 4.78 is 7.79. The number of nitrogens with zero attached hydrogens (tertiary/aromatic N) is 3. The number of hydrogen-bond acceptors (Lipinski definition) is 4. The molecule has 0 aliphatic carbocycles. The Kier molecular flexibility index (Phi) is 7.14. The van der Waals surface area contributed by atoms with Crippen molar-refractivity contribution in [1.29, 1.82) is 0 Å². The number of rotatable bonds is 10. The molecule has 0 N–H and O–H groups in total. The van der Waals surface area contributed by atoms with Crippen LogP contribution in [0.1, 0.15) is 61.1 Å². The van der Waals surface area contributed by atoms with Crippen LogP contribution < -0.4 is 0 Å². The first-order chi connectivity index (χ1) is 10.9. The largest absolute Gasteiger partial charge is 0.380 e. The van der Waals surface area contributed by atoms with Crippen LogP contribution in [0.2, 0.25) is 0 Å². The maximum atomic E-state index is 12.2. The quantitative estimate of drug-likeness (QED) is 0.652. The molecule has 0 fully saturated rings. The Bertz CT molecular complexity index is 530. The van der Waals surface area contributed by atoms with E-state index >= 15 is 0 Å². The first-order valence-electron chi connectivity index (χ1n) is 8.94. The lowest BCUT2D eigenvalue weighted by molar-refractivity contribution is -0.134. The van der Waals surface area contributed by atoms with Gasteiger partial charge in [0.25, 0.3) is 0 Å². The molecule has 0 atom stereocenters. The molecule has 5 heteroatoms. The van der Waals surface area contributed by atoms with Crippen molar-refractivity contribution < 1.29 is 9.53 Å². The number of hydrogen-bond donors (Lipinski definition) is 0. The van der Waals surface area contributed by atoms with Crippen LogP contribution in [0.25, 0.3) is 0 Å². The molecule has 1 aromatic rings. The smallest absolute Gasteiger partial charge is 0.143 e. The van der Waals surface area contributed by atoms with E-state index in [2.05, 4.69) is 38.0 Å². The summed E-state index contributed by atoms with van der Waals surface area (Å²) in [5, 5.41) is 8.45. The maximum absolute atomic E-state index is 12.2. The highest BCUT2D eigenvalue weighted by molar-refractivity contribution is 5.85. The molecule has 138 valence electrons. The van der Waals surface area contributed by atoms with Crippen molar-refractivity contribution in [2.75, 3.05) is 13.2 Å². The maximum Gasteiger partial charge on any atom is 0.143 e. The zero-order valence-corrected chi connectivity index (χ0v) is 16.7. The summed E-state index contributed by atoms with van der Waals surface area (Å²) in [5.74, 6) is 0.855. The Balaban J connectivity index is 2.52. The van der Waals surface area contributed by atoms with Gasteiger partial charge in [-0.05, 0) is 12.3 Å². The zero-order chi connectivity index (χ0) is 18.5. The third kappa shape index (κ3) is 6.71. The minimum Gasteiger partial charge on any atom is -0.380 e. The number of carbonyl (C=O) groups is 1. The molecule has 0 aliphatic heterocycles. The third-order valence-corrected chi connectivity index (χ3v) is 3.94. The zero-order valence-electron chi connectivity index (χ0n) is 16.7. The molecular formula is C19H35N3O2. The topological polar surface area (TPSA) is 57.0 Å². The molecule has 5 nitrogen and oxygen atoms in total. The second kappa shape index (κ2) is 8.24. The van der Waals surface area contributed by atoms with E-state index in [9.17, 15) is 4.79 Å². The Morgan fingerprint density at radius 2 is 1.79 bits per heavy atom. The molecule has 1 heterocycles. The summed E-state index contributed by atoms with van der Waals surface area (Å²) in [7, 11) is 0. The molecule has 0 bridgehead atoms. The van der Waals surface area contributed by atoms with Crippen molar-refractivity contribution in [2.24, 2.45) is 22.7 Å². The van der Waals surface area contributed by atoms with Gasteiger partial charge in [-0.25, -0.2) is 0 Å². The molecule has 24 heavy (non-hydrogen) atoms. The second-order valence-electron chi connectivity index (χ2n) is 9.07. The number of carbonyl (C=O) groups excluding carboxylic acids is 1. The summed E-state index contributed by atoms with van der Waals surface area (Å²) in [6.07, 6.45) is 2.97. The monoisotopic (exact) mass is 337 g/mol. The van der Waals surface area contributed by atoms with Gasteiger partial charge in [-0.15, -0.1) is 5.10 Å². The molecule has 0 spiro atoms. The van der Waals surface area contributed by atoms with Crippen molar-refractivity contribution in [2.45, 2.75) is 68.4 Å². The van der Waals surface area contributed by atoms with Crippen LogP contribution in [0, 0.1) is 22.7 Å². The van der Waals surface area contributed by atoms with Gasteiger partial charge in [0.2, 0.25) is 0 Å². The summed E-state index contributed by atoms with van der Waals surface area (Å²) in [6, 6.07) is 0. The SMILES string of the molecule is CC(C)Cc1cn(CC(C)(C)COCC(C)(C)C(=O)C(C)C)nn1. The number of ketones is 1. The average Bonchev–Trinajstić information content (AvgIpc) is 2.82. The van der Waals surface area contributed by atoms with Crippen LogP contribution in [0.3, 0.4) is 0 Å². The van der Waals surface area contributed by atoms with Gasteiger partial charge in [-0.2, -0.15) is 0 Å². The molecule has 1 rings (SSSR count). The first-order valence-corrected chi connectivity index (χ1v) is 8.94. The molecule has 0 amide bonds. The summed E-state index contributed by atoms with van der Waals surface area (Å²) in [5.41, 5.74) is 0.521. The molecule has 1 aromatic heterocycles. The van der Waals surface area contributed by atoms with E-state index in [0.29, 0.717) is 19.1 Å². The molecule has 0 aliphatic rings. The van der Waals surface area contributed by atoms with Gasteiger partial charge in [-0.1, -0.05) is 60.6 Å². The van der Waals surface area contributed by atoms with Gasteiger partial charge < -0.3 is 4.74 Å². The fourth-order valence-electron chi connectivity index (χ4n) is 2.85. The average molecular weight is 338 g/mol. The summed E-state index contributed by atoms with van der Waals surface area (Å²) in [6.45, 7) is 18.2. The lowest BCUT2D eigenvalue weighted by Gasteiger charge is -2.29. The molecule has 0 saturated carbocycles.